The molecular formula is C25H44O6. The molecule has 0 fully saturated rings. The molecule has 0 saturated carbocycles. The lowest BCUT2D eigenvalue weighted by Gasteiger charge is -2.16. The molecule has 1 unspecified atom stereocenters. The van der Waals surface area contributed by atoms with Crippen molar-refractivity contribution in [2.45, 2.75) is 117 Å². The van der Waals surface area contributed by atoms with Crippen LogP contribution in [0.3, 0.4) is 0 Å². The van der Waals surface area contributed by atoms with Gasteiger partial charge >= 0.3 is 17.9 Å². The monoisotopic (exact) mass is 440 g/mol. The average molecular weight is 441 g/mol. The summed E-state index contributed by atoms with van der Waals surface area (Å²) in [5.41, 5.74) is 0. The molecule has 0 saturated heterocycles. The summed E-state index contributed by atoms with van der Waals surface area (Å²) in [5.74, 6) is -1.31. The van der Waals surface area contributed by atoms with Gasteiger partial charge in [-0.15, -0.1) is 0 Å². The van der Waals surface area contributed by atoms with E-state index in [1.807, 2.05) is 0 Å². The highest BCUT2D eigenvalue weighted by atomic mass is 16.6. The summed E-state index contributed by atoms with van der Waals surface area (Å²) in [5, 5.41) is 0. The Morgan fingerprint density at radius 1 is 0.677 bits per heavy atom. The Labute approximate surface area is 189 Å². The molecule has 0 amide bonds. The van der Waals surface area contributed by atoms with E-state index in [9.17, 15) is 14.4 Å². The van der Waals surface area contributed by atoms with Crippen molar-refractivity contribution in [1.29, 1.82) is 0 Å². The van der Waals surface area contributed by atoms with E-state index in [4.69, 9.17) is 14.2 Å². The highest BCUT2D eigenvalue weighted by Gasteiger charge is 2.16. The van der Waals surface area contributed by atoms with Gasteiger partial charge in [0.05, 0.1) is 0 Å². The molecule has 0 aromatic carbocycles. The first-order chi connectivity index (χ1) is 15.0. The molecule has 180 valence electrons. The Bertz CT molecular complexity index is 500. The summed E-state index contributed by atoms with van der Waals surface area (Å²) in [6, 6.07) is 0. The average Bonchev–Trinajstić information content (AvgIpc) is 2.72. The third kappa shape index (κ3) is 22.7. The van der Waals surface area contributed by atoms with Crippen molar-refractivity contribution in [3.63, 3.8) is 0 Å². The Morgan fingerprint density at radius 2 is 1.19 bits per heavy atom. The van der Waals surface area contributed by atoms with Crippen LogP contribution in [0.2, 0.25) is 0 Å². The zero-order valence-electron chi connectivity index (χ0n) is 20.0. The fourth-order valence-corrected chi connectivity index (χ4v) is 3.16. The van der Waals surface area contributed by atoms with Crippen LogP contribution in [-0.2, 0) is 28.6 Å². The van der Waals surface area contributed by atoms with Crippen molar-refractivity contribution in [1.82, 2.24) is 0 Å². The first-order valence-corrected chi connectivity index (χ1v) is 12.1. The zero-order chi connectivity index (χ0) is 23.2. The number of unbranched alkanes of at least 4 members (excludes halogenated alkanes) is 11. The minimum atomic E-state index is -0.764. The van der Waals surface area contributed by atoms with Crippen molar-refractivity contribution in [3.05, 3.63) is 12.2 Å². The second kappa shape index (κ2) is 21.4. The van der Waals surface area contributed by atoms with E-state index in [1.54, 1.807) is 0 Å². The van der Waals surface area contributed by atoms with Crippen LogP contribution < -0.4 is 0 Å². The van der Waals surface area contributed by atoms with Crippen molar-refractivity contribution in [2.24, 2.45) is 0 Å². The summed E-state index contributed by atoms with van der Waals surface area (Å²) in [4.78, 5) is 33.8. The van der Waals surface area contributed by atoms with Crippen LogP contribution in [0.25, 0.3) is 0 Å². The third-order valence-corrected chi connectivity index (χ3v) is 4.88. The Balaban J connectivity index is 3.58. The van der Waals surface area contributed by atoms with Crippen LogP contribution in [0.4, 0.5) is 0 Å². The molecule has 0 aromatic rings. The van der Waals surface area contributed by atoms with Gasteiger partial charge < -0.3 is 14.2 Å². The minimum Gasteiger partial charge on any atom is -0.462 e. The molecule has 6 nitrogen and oxygen atoms in total. The molecule has 31 heavy (non-hydrogen) atoms. The van der Waals surface area contributed by atoms with Gasteiger partial charge in [0.15, 0.2) is 6.10 Å². The topological polar surface area (TPSA) is 78.9 Å². The molecule has 0 aliphatic rings. The van der Waals surface area contributed by atoms with Gasteiger partial charge in [-0.05, 0) is 32.1 Å². The fraction of sp³-hybridized carbons (Fsp3) is 0.800. The molecule has 0 N–H and O–H groups in total. The number of carbonyl (C=O) groups is 3. The standard InChI is InChI=1S/C25H44O6/c1-4-5-6-7-8-9-10-11-12-13-14-15-16-17-18-19-25(28)30-21-24(31-23(3)27)20-29-22(2)26/h11-12,24H,4-10,13-21H2,1-3H3/b12-11-. The maximum absolute atomic E-state index is 11.8. The van der Waals surface area contributed by atoms with Gasteiger partial charge in [0.25, 0.3) is 0 Å². The number of hydrogen-bond acceptors (Lipinski definition) is 6. The summed E-state index contributed by atoms with van der Waals surface area (Å²) in [6.45, 7) is 4.56. The lowest BCUT2D eigenvalue weighted by atomic mass is 10.1. The Kier molecular flexibility index (Phi) is 20.1. The van der Waals surface area contributed by atoms with Gasteiger partial charge in [-0.25, -0.2) is 0 Å². The molecule has 0 aliphatic carbocycles. The number of esters is 3. The van der Waals surface area contributed by atoms with Crippen LogP contribution in [0.5, 0.6) is 0 Å². The van der Waals surface area contributed by atoms with Crippen molar-refractivity contribution < 1.29 is 28.6 Å². The molecule has 0 radical (unpaired) electrons. The summed E-state index contributed by atoms with van der Waals surface area (Å²) < 4.78 is 14.9. The second-order valence-corrected chi connectivity index (χ2v) is 8.05. The molecular weight excluding hydrogens is 396 g/mol. The molecule has 0 aliphatic heterocycles. The first-order valence-electron chi connectivity index (χ1n) is 12.1. The molecule has 0 bridgehead atoms. The molecule has 0 heterocycles. The minimum absolute atomic E-state index is 0.100. The predicted molar refractivity (Wildman–Crippen MR) is 123 cm³/mol. The van der Waals surface area contributed by atoms with Crippen molar-refractivity contribution in [2.75, 3.05) is 13.2 Å². The SMILES string of the molecule is CCCCCCCC/C=C\CCCCCCCC(=O)OCC(COC(C)=O)OC(C)=O. The summed E-state index contributed by atoms with van der Waals surface area (Å²) in [7, 11) is 0. The second-order valence-electron chi connectivity index (χ2n) is 8.05. The van der Waals surface area contributed by atoms with Gasteiger partial charge in [-0.2, -0.15) is 0 Å². The lowest BCUT2D eigenvalue weighted by Crippen LogP contribution is -2.29. The molecule has 1 atom stereocenters. The van der Waals surface area contributed by atoms with E-state index < -0.39 is 18.0 Å². The van der Waals surface area contributed by atoms with Crippen molar-refractivity contribution in [3.8, 4) is 0 Å². The van der Waals surface area contributed by atoms with Gasteiger partial charge in [-0.1, -0.05) is 70.4 Å². The lowest BCUT2D eigenvalue weighted by molar-refractivity contribution is -0.164. The maximum Gasteiger partial charge on any atom is 0.305 e. The van der Waals surface area contributed by atoms with E-state index >= 15 is 0 Å². The Hall–Kier alpha value is -1.85. The summed E-state index contributed by atoms with van der Waals surface area (Å²) in [6.07, 6.45) is 19.9. The van der Waals surface area contributed by atoms with E-state index in [0.717, 1.165) is 25.7 Å². The molecule has 6 heteroatoms. The molecule has 0 rings (SSSR count). The number of allylic oxidation sites excluding steroid dienone is 2. The van der Waals surface area contributed by atoms with E-state index in [2.05, 4.69) is 19.1 Å². The van der Waals surface area contributed by atoms with Crippen LogP contribution in [-0.4, -0.2) is 37.2 Å². The fourth-order valence-electron chi connectivity index (χ4n) is 3.16. The Morgan fingerprint density at radius 3 is 1.74 bits per heavy atom. The molecule has 0 spiro atoms. The van der Waals surface area contributed by atoms with Gasteiger partial charge in [-0.3, -0.25) is 14.4 Å². The number of rotatable bonds is 20. The van der Waals surface area contributed by atoms with Crippen LogP contribution in [0.15, 0.2) is 12.2 Å². The van der Waals surface area contributed by atoms with Gasteiger partial charge in [0.2, 0.25) is 0 Å². The largest absolute Gasteiger partial charge is 0.462 e. The quantitative estimate of drug-likeness (QED) is 0.0990. The van der Waals surface area contributed by atoms with Crippen LogP contribution in [0, 0.1) is 0 Å². The third-order valence-electron chi connectivity index (χ3n) is 4.88. The van der Waals surface area contributed by atoms with E-state index in [1.165, 1.54) is 71.6 Å². The van der Waals surface area contributed by atoms with E-state index in [-0.39, 0.29) is 19.2 Å². The zero-order valence-corrected chi connectivity index (χ0v) is 20.0. The smallest absolute Gasteiger partial charge is 0.305 e. The van der Waals surface area contributed by atoms with Crippen LogP contribution >= 0.6 is 0 Å². The number of ether oxygens (including phenoxy) is 3. The van der Waals surface area contributed by atoms with E-state index in [0.29, 0.717) is 6.42 Å². The van der Waals surface area contributed by atoms with Crippen molar-refractivity contribution >= 4 is 17.9 Å². The van der Waals surface area contributed by atoms with Gasteiger partial charge in [0, 0.05) is 20.3 Å². The number of hydrogen-bond donors (Lipinski definition) is 0. The predicted octanol–water partition coefficient (Wildman–Crippen LogP) is 6.06. The number of carbonyl (C=O) groups excluding carboxylic acids is 3. The van der Waals surface area contributed by atoms with Crippen LogP contribution in [0.1, 0.15) is 111 Å². The maximum atomic E-state index is 11.8. The highest BCUT2D eigenvalue weighted by Crippen LogP contribution is 2.10. The first kappa shape index (κ1) is 29.1. The normalized spacial score (nSPS) is 12.0. The molecule has 0 aromatic heterocycles. The highest BCUT2D eigenvalue weighted by molar-refractivity contribution is 5.69. The summed E-state index contributed by atoms with van der Waals surface area (Å²) >= 11 is 0. The van der Waals surface area contributed by atoms with Gasteiger partial charge in [0.1, 0.15) is 13.2 Å².